The molecule has 122 valence electrons. The summed E-state index contributed by atoms with van der Waals surface area (Å²) in [6, 6.07) is 7.52. The molecule has 1 aliphatic heterocycles. The first-order valence-corrected chi connectivity index (χ1v) is 7.60. The molecule has 2 nitrogen and oxygen atoms in total. The number of nitrogens with one attached hydrogen (secondary N) is 1. The van der Waals surface area contributed by atoms with E-state index in [9.17, 15) is 0 Å². The van der Waals surface area contributed by atoms with E-state index in [0.29, 0.717) is 6.04 Å². The Kier molecular flexibility index (Phi) is 9.55. The molecule has 0 aliphatic carbocycles. The zero-order chi connectivity index (χ0) is 13.8. The first-order valence-electron chi connectivity index (χ1n) is 7.60. The smallest absolute Gasteiger partial charge is 0.0354 e. The Balaban J connectivity index is 0.00000200. The summed E-state index contributed by atoms with van der Waals surface area (Å²) in [5, 5.41) is 3.46. The Hall–Kier alpha value is -0.280. The monoisotopic (exact) mass is 332 g/mol. The molecule has 0 saturated carbocycles. The molecule has 1 fully saturated rings. The maximum absolute atomic E-state index is 3.46. The third kappa shape index (κ3) is 5.78. The van der Waals surface area contributed by atoms with Crippen LogP contribution in [-0.2, 0) is 0 Å². The zero-order valence-electron chi connectivity index (χ0n) is 13.7. The molecule has 1 saturated heterocycles. The van der Waals surface area contributed by atoms with Gasteiger partial charge in [-0.15, -0.1) is 24.8 Å². The van der Waals surface area contributed by atoms with Crippen molar-refractivity contribution in [2.75, 3.05) is 26.2 Å². The van der Waals surface area contributed by atoms with Gasteiger partial charge in [0.25, 0.3) is 0 Å². The topological polar surface area (TPSA) is 15.3 Å². The predicted molar refractivity (Wildman–Crippen MR) is 97.1 cm³/mol. The average molecular weight is 333 g/mol. The van der Waals surface area contributed by atoms with Crippen LogP contribution in [0.25, 0.3) is 0 Å². The third-order valence-corrected chi connectivity index (χ3v) is 4.07. The second-order valence-corrected chi connectivity index (χ2v) is 6.29. The molecule has 0 radical (unpaired) electrons. The number of benzene rings is 1. The van der Waals surface area contributed by atoms with E-state index in [0.717, 1.165) is 19.0 Å². The number of hydrogen-bond acceptors (Lipinski definition) is 2. The number of piperazine rings is 1. The van der Waals surface area contributed by atoms with E-state index in [2.05, 4.69) is 56.1 Å². The maximum atomic E-state index is 3.46. The molecule has 0 bridgehead atoms. The fourth-order valence-corrected chi connectivity index (χ4v) is 3.11. The van der Waals surface area contributed by atoms with Crippen LogP contribution >= 0.6 is 24.8 Å². The Morgan fingerprint density at radius 1 is 1.10 bits per heavy atom. The summed E-state index contributed by atoms with van der Waals surface area (Å²) in [5.41, 5.74) is 4.34. The summed E-state index contributed by atoms with van der Waals surface area (Å²) in [6.07, 6.45) is 1.25. The molecule has 21 heavy (non-hydrogen) atoms. The van der Waals surface area contributed by atoms with Gasteiger partial charge in [0, 0.05) is 32.2 Å². The largest absolute Gasteiger partial charge is 0.314 e. The normalized spacial score (nSPS) is 17.0. The molecule has 0 aromatic heterocycles. The van der Waals surface area contributed by atoms with Crippen LogP contribution in [-0.4, -0.2) is 31.1 Å². The summed E-state index contributed by atoms with van der Waals surface area (Å²) in [4.78, 5) is 2.66. The highest BCUT2D eigenvalue weighted by atomic mass is 35.5. The van der Waals surface area contributed by atoms with Crippen molar-refractivity contribution in [2.45, 2.75) is 40.2 Å². The first-order chi connectivity index (χ1) is 9.08. The van der Waals surface area contributed by atoms with Crippen LogP contribution in [0.3, 0.4) is 0 Å². The van der Waals surface area contributed by atoms with Crippen LogP contribution in [0.5, 0.6) is 0 Å². The second kappa shape index (κ2) is 9.68. The van der Waals surface area contributed by atoms with E-state index >= 15 is 0 Å². The van der Waals surface area contributed by atoms with Gasteiger partial charge in [-0.1, -0.05) is 37.6 Å². The molecule has 1 N–H and O–H groups in total. The van der Waals surface area contributed by atoms with Crippen molar-refractivity contribution in [3.8, 4) is 0 Å². The molecule has 1 heterocycles. The molecule has 4 heteroatoms. The maximum Gasteiger partial charge on any atom is 0.0354 e. The standard InChI is InChI=1S/C17H28N2.2ClH/c1-13(2)11-17(19-9-7-18-8-10-19)16-6-5-14(3)12-15(16)4;;/h5-6,12-13,17-18H,7-11H2,1-4H3;2*1H/t17-;;/m0../s1. The molecule has 1 aliphatic rings. The minimum absolute atomic E-state index is 0. The van der Waals surface area contributed by atoms with Gasteiger partial charge in [-0.25, -0.2) is 0 Å². The lowest BCUT2D eigenvalue weighted by Gasteiger charge is -2.37. The summed E-state index contributed by atoms with van der Waals surface area (Å²) in [6.45, 7) is 13.7. The van der Waals surface area contributed by atoms with E-state index in [1.165, 1.54) is 36.2 Å². The SMILES string of the molecule is Cc1ccc([C@H](CC(C)C)N2CCNCC2)c(C)c1.Cl.Cl. The van der Waals surface area contributed by atoms with Crippen LogP contribution < -0.4 is 5.32 Å². The van der Waals surface area contributed by atoms with Crippen LogP contribution in [0.4, 0.5) is 0 Å². The minimum atomic E-state index is 0. The van der Waals surface area contributed by atoms with E-state index in [4.69, 9.17) is 0 Å². The predicted octanol–water partition coefficient (Wildman–Crippen LogP) is 4.14. The van der Waals surface area contributed by atoms with Crippen molar-refractivity contribution < 1.29 is 0 Å². The minimum Gasteiger partial charge on any atom is -0.314 e. The van der Waals surface area contributed by atoms with Crippen molar-refractivity contribution in [3.63, 3.8) is 0 Å². The van der Waals surface area contributed by atoms with Gasteiger partial charge in [0.15, 0.2) is 0 Å². The van der Waals surface area contributed by atoms with Crippen LogP contribution in [0.15, 0.2) is 18.2 Å². The summed E-state index contributed by atoms with van der Waals surface area (Å²) >= 11 is 0. The van der Waals surface area contributed by atoms with Crippen LogP contribution in [0.1, 0.15) is 43.0 Å². The number of hydrogen-bond donors (Lipinski definition) is 1. The lowest BCUT2D eigenvalue weighted by molar-refractivity contribution is 0.153. The van der Waals surface area contributed by atoms with Crippen molar-refractivity contribution in [1.82, 2.24) is 10.2 Å². The fraction of sp³-hybridized carbons (Fsp3) is 0.647. The number of nitrogens with zero attached hydrogens (tertiary/aromatic N) is 1. The molecule has 2 rings (SSSR count). The van der Waals surface area contributed by atoms with E-state index in [-0.39, 0.29) is 24.8 Å². The number of rotatable bonds is 4. The van der Waals surface area contributed by atoms with Gasteiger partial charge in [0.1, 0.15) is 0 Å². The fourth-order valence-electron chi connectivity index (χ4n) is 3.11. The van der Waals surface area contributed by atoms with Gasteiger partial charge >= 0.3 is 0 Å². The van der Waals surface area contributed by atoms with Crippen molar-refractivity contribution >= 4 is 24.8 Å². The first kappa shape index (κ1) is 20.7. The Morgan fingerprint density at radius 3 is 2.24 bits per heavy atom. The highest BCUT2D eigenvalue weighted by molar-refractivity contribution is 5.85. The summed E-state index contributed by atoms with van der Waals surface area (Å²) in [7, 11) is 0. The van der Waals surface area contributed by atoms with E-state index in [1.807, 2.05) is 0 Å². The van der Waals surface area contributed by atoms with Gasteiger partial charge in [0.2, 0.25) is 0 Å². The molecule has 0 amide bonds. The molecule has 1 aromatic carbocycles. The zero-order valence-corrected chi connectivity index (χ0v) is 15.3. The molecule has 0 unspecified atom stereocenters. The Bertz CT molecular complexity index is 415. The lowest BCUT2D eigenvalue weighted by Crippen LogP contribution is -2.45. The molecule has 0 spiro atoms. The van der Waals surface area contributed by atoms with Gasteiger partial charge < -0.3 is 5.32 Å². The van der Waals surface area contributed by atoms with Crippen molar-refractivity contribution in [2.24, 2.45) is 5.92 Å². The Morgan fingerprint density at radius 2 is 1.71 bits per heavy atom. The lowest BCUT2D eigenvalue weighted by atomic mass is 9.91. The summed E-state index contributed by atoms with van der Waals surface area (Å²) in [5.74, 6) is 0.737. The van der Waals surface area contributed by atoms with Crippen molar-refractivity contribution in [3.05, 3.63) is 34.9 Å². The van der Waals surface area contributed by atoms with Crippen molar-refractivity contribution in [1.29, 1.82) is 0 Å². The van der Waals surface area contributed by atoms with Gasteiger partial charge in [0.05, 0.1) is 0 Å². The van der Waals surface area contributed by atoms with E-state index < -0.39 is 0 Å². The van der Waals surface area contributed by atoms with Gasteiger partial charge in [-0.05, 0) is 37.3 Å². The molecule has 1 aromatic rings. The molecular formula is C17H30Cl2N2. The average Bonchev–Trinajstić information content (AvgIpc) is 2.37. The van der Waals surface area contributed by atoms with E-state index in [1.54, 1.807) is 0 Å². The van der Waals surface area contributed by atoms with Gasteiger partial charge in [-0.3, -0.25) is 4.90 Å². The second-order valence-electron chi connectivity index (χ2n) is 6.29. The molecular weight excluding hydrogens is 303 g/mol. The third-order valence-electron chi connectivity index (χ3n) is 4.07. The van der Waals surface area contributed by atoms with Gasteiger partial charge in [-0.2, -0.15) is 0 Å². The highest BCUT2D eigenvalue weighted by Crippen LogP contribution is 2.30. The van der Waals surface area contributed by atoms with Crippen LogP contribution in [0, 0.1) is 19.8 Å². The van der Waals surface area contributed by atoms with Crippen LogP contribution in [0.2, 0.25) is 0 Å². The Labute approximate surface area is 142 Å². The quantitative estimate of drug-likeness (QED) is 0.891. The highest BCUT2D eigenvalue weighted by Gasteiger charge is 2.24. The number of aryl methyl sites for hydroxylation is 2. The molecule has 1 atom stereocenters. The number of halogens is 2. The summed E-state index contributed by atoms with van der Waals surface area (Å²) < 4.78 is 0.